The van der Waals surface area contributed by atoms with Crippen molar-refractivity contribution in [3.8, 4) is 0 Å². The zero-order valence-electron chi connectivity index (χ0n) is 18.8. The van der Waals surface area contributed by atoms with Gasteiger partial charge in [0.15, 0.2) is 0 Å². The Hall–Kier alpha value is -3.09. The Bertz CT molecular complexity index is 1230. The van der Waals surface area contributed by atoms with Crippen LogP contribution in [-0.2, 0) is 21.4 Å². The number of hydrogen-bond acceptors (Lipinski definition) is 6. The van der Waals surface area contributed by atoms with Crippen LogP contribution in [0.3, 0.4) is 0 Å². The molecule has 0 aliphatic carbocycles. The van der Waals surface area contributed by atoms with Gasteiger partial charge in [0.25, 0.3) is 0 Å². The Labute approximate surface area is 180 Å². The SMILES string of the molecule is CCC[C@@H](NC(=O)Cc1c(C)c2cc3c(C(C)(C)C)coc3c(C)c2oc1=O)C(=O)[O-]. The summed E-state index contributed by atoms with van der Waals surface area (Å²) >= 11 is 0. The van der Waals surface area contributed by atoms with Crippen molar-refractivity contribution in [2.45, 2.75) is 72.3 Å². The number of nitrogens with one attached hydrogen (secondary N) is 1. The molecule has 7 heteroatoms. The normalized spacial score (nSPS) is 13.0. The van der Waals surface area contributed by atoms with Gasteiger partial charge in [0.2, 0.25) is 5.91 Å². The molecule has 1 atom stereocenters. The zero-order valence-corrected chi connectivity index (χ0v) is 18.8. The predicted molar refractivity (Wildman–Crippen MR) is 116 cm³/mol. The monoisotopic (exact) mass is 426 g/mol. The van der Waals surface area contributed by atoms with Crippen molar-refractivity contribution in [2.24, 2.45) is 0 Å². The fraction of sp³-hybridized carbons (Fsp3) is 0.458. The summed E-state index contributed by atoms with van der Waals surface area (Å²) in [5, 5.41) is 15.3. The zero-order chi connectivity index (χ0) is 23.1. The Kier molecular flexibility index (Phi) is 5.98. The van der Waals surface area contributed by atoms with Gasteiger partial charge in [-0.1, -0.05) is 34.1 Å². The minimum absolute atomic E-state index is 0.142. The molecule has 0 radical (unpaired) electrons. The van der Waals surface area contributed by atoms with Crippen LogP contribution in [0.25, 0.3) is 21.9 Å². The first-order valence-corrected chi connectivity index (χ1v) is 10.4. The van der Waals surface area contributed by atoms with Crippen LogP contribution in [0.2, 0.25) is 0 Å². The molecule has 7 nitrogen and oxygen atoms in total. The summed E-state index contributed by atoms with van der Waals surface area (Å²) < 4.78 is 11.4. The van der Waals surface area contributed by atoms with Crippen LogP contribution in [0.1, 0.15) is 62.8 Å². The molecule has 3 rings (SSSR count). The molecule has 1 N–H and O–H groups in total. The Balaban J connectivity index is 2.09. The van der Waals surface area contributed by atoms with E-state index in [4.69, 9.17) is 8.83 Å². The van der Waals surface area contributed by atoms with Gasteiger partial charge < -0.3 is 24.1 Å². The second kappa shape index (κ2) is 8.21. The van der Waals surface area contributed by atoms with Crippen molar-refractivity contribution in [1.82, 2.24) is 5.32 Å². The Morgan fingerprint density at radius 2 is 1.81 bits per heavy atom. The van der Waals surface area contributed by atoms with Gasteiger partial charge >= 0.3 is 5.63 Å². The minimum atomic E-state index is -1.34. The number of aliphatic carboxylic acids is 1. The number of amides is 1. The van der Waals surface area contributed by atoms with E-state index in [1.807, 2.05) is 19.9 Å². The molecule has 31 heavy (non-hydrogen) atoms. The van der Waals surface area contributed by atoms with Gasteiger partial charge in [-0.2, -0.15) is 0 Å². The molecule has 2 aromatic heterocycles. The van der Waals surface area contributed by atoms with Crippen LogP contribution in [0, 0.1) is 13.8 Å². The highest BCUT2D eigenvalue weighted by Crippen LogP contribution is 2.37. The Morgan fingerprint density at radius 1 is 1.13 bits per heavy atom. The van der Waals surface area contributed by atoms with Gasteiger partial charge in [0.05, 0.1) is 30.3 Å². The first-order chi connectivity index (χ1) is 14.5. The summed E-state index contributed by atoms with van der Waals surface area (Å²) in [5.41, 5.74) is 2.93. The van der Waals surface area contributed by atoms with E-state index in [0.717, 1.165) is 21.9 Å². The number of fused-ring (bicyclic) bond motifs is 2. The third-order valence-corrected chi connectivity index (χ3v) is 5.68. The quantitative estimate of drug-likeness (QED) is 0.606. The molecular formula is C24H28NO6-. The maximum Gasteiger partial charge on any atom is 0.340 e. The lowest BCUT2D eigenvalue weighted by molar-refractivity contribution is -0.308. The molecule has 166 valence electrons. The highest BCUT2D eigenvalue weighted by atomic mass is 16.4. The molecule has 0 unspecified atom stereocenters. The first kappa shape index (κ1) is 22.6. The van der Waals surface area contributed by atoms with Gasteiger partial charge in [-0.25, -0.2) is 4.79 Å². The van der Waals surface area contributed by atoms with E-state index in [1.165, 1.54) is 0 Å². The fourth-order valence-corrected chi connectivity index (χ4v) is 3.92. The topological polar surface area (TPSA) is 113 Å². The molecule has 0 spiro atoms. The number of carboxylic acid groups (broad SMARTS) is 1. The number of aryl methyl sites for hydroxylation is 2. The molecule has 0 aliphatic rings. The van der Waals surface area contributed by atoms with Crippen LogP contribution < -0.4 is 16.0 Å². The molecule has 3 aromatic rings. The minimum Gasteiger partial charge on any atom is -0.548 e. The summed E-state index contributed by atoms with van der Waals surface area (Å²) in [6.07, 6.45) is 2.29. The molecule has 1 aromatic carbocycles. The molecular weight excluding hydrogens is 398 g/mol. The van der Waals surface area contributed by atoms with E-state index in [0.29, 0.717) is 23.2 Å². The lowest BCUT2D eigenvalue weighted by Gasteiger charge is -2.19. The van der Waals surface area contributed by atoms with Crippen LogP contribution in [0.15, 0.2) is 26.0 Å². The first-order valence-electron chi connectivity index (χ1n) is 10.4. The largest absolute Gasteiger partial charge is 0.548 e. The van der Waals surface area contributed by atoms with E-state index < -0.39 is 23.5 Å². The van der Waals surface area contributed by atoms with Crippen molar-refractivity contribution in [2.75, 3.05) is 0 Å². The molecule has 0 saturated heterocycles. The van der Waals surface area contributed by atoms with Crippen molar-refractivity contribution in [3.05, 3.63) is 45.0 Å². The third-order valence-electron chi connectivity index (χ3n) is 5.68. The predicted octanol–water partition coefficient (Wildman–Crippen LogP) is 3.03. The number of furan rings is 1. The molecule has 0 bridgehead atoms. The van der Waals surface area contributed by atoms with Gasteiger partial charge in [0, 0.05) is 21.9 Å². The number of benzene rings is 1. The van der Waals surface area contributed by atoms with E-state index in [-0.39, 0.29) is 23.8 Å². The van der Waals surface area contributed by atoms with Crippen molar-refractivity contribution in [3.63, 3.8) is 0 Å². The van der Waals surface area contributed by atoms with Gasteiger partial charge in [-0.05, 0) is 37.3 Å². The van der Waals surface area contributed by atoms with Crippen molar-refractivity contribution in [1.29, 1.82) is 0 Å². The molecule has 0 aliphatic heterocycles. The maximum atomic E-state index is 12.7. The number of hydrogen-bond donors (Lipinski definition) is 1. The van der Waals surface area contributed by atoms with Crippen LogP contribution in [0.4, 0.5) is 0 Å². The standard InChI is InChI=1S/C24H29NO6/c1-7-8-18(22(27)28)25-19(26)10-15-12(2)14-9-16-17(24(4,5)6)11-30-20(16)13(3)21(14)31-23(15)29/h9,11,18H,7-8,10H2,1-6H3,(H,25,26)(H,27,28)/p-1/t18-/m1/s1. The average molecular weight is 426 g/mol. The van der Waals surface area contributed by atoms with Crippen molar-refractivity contribution < 1.29 is 23.5 Å². The van der Waals surface area contributed by atoms with Crippen LogP contribution in [0.5, 0.6) is 0 Å². The molecule has 2 heterocycles. The fourth-order valence-electron chi connectivity index (χ4n) is 3.92. The van der Waals surface area contributed by atoms with E-state index >= 15 is 0 Å². The van der Waals surface area contributed by atoms with E-state index in [1.54, 1.807) is 13.2 Å². The van der Waals surface area contributed by atoms with E-state index in [9.17, 15) is 19.5 Å². The van der Waals surface area contributed by atoms with Gasteiger partial charge in [-0.15, -0.1) is 0 Å². The number of rotatable bonds is 6. The summed E-state index contributed by atoms with van der Waals surface area (Å²) in [6.45, 7) is 11.7. The summed E-state index contributed by atoms with van der Waals surface area (Å²) in [7, 11) is 0. The smallest absolute Gasteiger partial charge is 0.340 e. The maximum absolute atomic E-state index is 12.7. The molecule has 0 saturated carbocycles. The second-order valence-electron chi connectivity index (χ2n) is 9.05. The average Bonchev–Trinajstić information content (AvgIpc) is 3.10. The van der Waals surface area contributed by atoms with Gasteiger partial charge in [0.1, 0.15) is 11.2 Å². The summed E-state index contributed by atoms with van der Waals surface area (Å²) in [6, 6.07) is 0.843. The second-order valence-corrected chi connectivity index (χ2v) is 9.05. The lowest BCUT2D eigenvalue weighted by Crippen LogP contribution is -2.48. The van der Waals surface area contributed by atoms with Crippen LogP contribution in [-0.4, -0.2) is 17.9 Å². The van der Waals surface area contributed by atoms with Crippen LogP contribution >= 0.6 is 0 Å². The lowest BCUT2D eigenvalue weighted by atomic mass is 9.86. The molecule has 0 fully saturated rings. The summed E-state index contributed by atoms with van der Waals surface area (Å²) in [5.74, 6) is -1.90. The van der Waals surface area contributed by atoms with Crippen molar-refractivity contribution >= 4 is 33.8 Å². The highest BCUT2D eigenvalue weighted by Gasteiger charge is 2.24. The van der Waals surface area contributed by atoms with Gasteiger partial charge in [-0.3, -0.25) is 4.79 Å². The number of carbonyl (C=O) groups excluding carboxylic acids is 2. The van der Waals surface area contributed by atoms with E-state index in [2.05, 4.69) is 26.1 Å². The molecule has 1 amide bonds. The summed E-state index contributed by atoms with van der Waals surface area (Å²) in [4.78, 5) is 36.4. The Morgan fingerprint density at radius 3 is 2.39 bits per heavy atom. The number of carboxylic acids is 1. The number of carbonyl (C=O) groups is 2. The third kappa shape index (κ3) is 4.22. The highest BCUT2D eigenvalue weighted by molar-refractivity contribution is 6.00.